The number of carbonyl (C=O) groups is 2. The molecule has 2 rings (SSSR count). The first-order chi connectivity index (χ1) is 11.5. The minimum absolute atomic E-state index is 0.0938. The van der Waals surface area contributed by atoms with Crippen LogP contribution in [0.2, 0.25) is 0 Å². The number of hydrogen-bond acceptors (Lipinski definition) is 2. The lowest BCUT2D eigenvalue weighted by Crippen LogP contribution is -2.12. The highest BCUT2D eigenvalue weighted by Gasteiger charge is 2.23. The van der Waals surface area contributed by atoms with Gasteiger partial charge in [-0.15, -0.1) is 0 Å². The van der Waals surface area contributed by atoms with E-state index in [4.69, 9.17) is 0 Å². The molecule has 0 fully saturated rings. The first-order valence-corrected chi connectivity index (χ1v) is 9.70. The third-order valence-corrected chi connectivity index (χ3v) is 5.49. The minimum atomic E-state index is -0.124. The molecule has 4 nitrogen and oxygen atoms in total. The van der Waals surface area contributed by atoms with Crippen molar-refractivity contribution in [1.82, 2.24) is 9.97 Å². The fraction of sp³-hybridized carbons (Fsp3) is 0.474. The summed E-state index contributed by atoms with van der Waals surface area (Å²) in [4.78, 5) is 31.6. The Morgan fingerprint density at radius 2 is 1.46 bits per heavy atom. The molecule has 2 aromatic rings. The van der Waals surface area contributed by atoms with Crippen LogP contribution in [0.15, 0.2) is 6.20 Å². The third-order valence-electron chi connectivity index (χ3n) is 4.57. The topological polar surface area (TPSA) is 65.7 Å². The summed E-state index contributed by atoms with van der Waals surface area (Å²) in [5.74, 6) is -0.245. The molecular weight excluding hydrogens is 415 g/mol. The van der Waals surface area contributed by atoms with E-state index < -0.39 is 0 Å². The monoisotopic (exact) mass is 440 g/mol. The Hall–Kier alpha value is -1.37. The van der Waals surface area contributed by atoms with Gasteiger partial charge in [0.25, 0.3) is 0 Å². The van der Waals surface area contributed by atoms with E-state index >= 15 is 0 Å². The fourth-order valence-electron chi connectivity index (χ4n) is 3.33. The molecule has 0 radical (unpaired) electrons. The van der Waals surface area contributed by atoms with Gasteiger partial charge >= 0.3 is 0 Å². The molecule has 0 saturated heterocycles. The largest absolute Gasteiger partial charge is 0.358 e. The summed E-state index contributed by atoms with van der Waals surface area (Å²) >= 11 is 2.23. The van der Waals surface area contributed by atoms with E-state index in [1.807, 2.05) is 20.0 Å². The molecule has 0 amide bonds. The lowest BCUT2D eigenvalue weighted by Gasteiger charge is -2.05. The standard InChI is InChI=1S/C19H25IN2O2/c1-5-11-10-21-17(12(11)6-2)15(23)9-16(24)18-13(7-3)14(8-4)19(20)22-18/h10,21-22H,5-9H2,1-4H3. The van der Waals surface area contributed by atoms with Gasteiger partial charge in [-0.1, -0.05) is 27.7 Å². The van der Waals surface area contributed by atoms with Gasteiger partial charge in [-0.3, -0.25) is 9.59 Å². The summed E-state index contributed by atoms with van der Waals surface area (Å²) in [6, 6.07) is 0. The van der Waals surface area contributed by atoms with E-state index in [0.29, 0.717) is 11.4 Å². The van der Waals surface area contributed by atoms with Gasteiger partial charge in [0.15, 0.2) is 11.6 Å². The fourth-order valence-corrected chi connectivity index (χ4v) is 4.30. The summed E-state index contributed by atoms with van der Waals surface area (Å²) in [6.07, 6.45) is 5.15. The van der Waals surface area contributed by atoms with Gasteiger partial charge in [-0.25, -0.2) is 0 Å². The molecular formula is C19H25IN2O2. The maximum Gasteiger partial charge on any atom is 0.187 e. The lowest BCUT2D eigenvalue weighted by atomic mass is 9.98. The van der Waals surface area contributed by atoms with E-state index in [9.17, 15) is 9.59 Å². The van der Waals surface area contributed by atoms with Gasteiger partial charge in [0.05, 0.1) is 21.5 Å². The number of aromatic amines is 2. The molecule has 0 unspecified atom stereocenters. The van der Waals surface area contributed by atoms with Crippen molar-refractivity contribution >= 4 is 34.2 Å². The molecule has 0 atom stereocenters. The molecule has 5 heteroatoms. The van der Waals surface area contributed by atoms with Gasteiger partial charge in [-0.05, 0) is 70.5 Å². The van der Waals surface area contributed by atoms with Crippen LogP contribution in [0.25, 0.3) is 0 Å². The Balaban J connectivity index is 2.27. The highest BCUT2D eigenvalue weighted by atomic mass is 127. The zero-order chi connectivity index (χ0) is 17.9. The highest BCUT2D eigenvalue weighted by Crippen LogP contribution is 2.24. The molecule has 0 aromatic carbocycles. The van der Waals surface area contributed by atoms with Gasteiger partial charge in [-0.2, -0.15) is 0 Å². The molecule has 0 aliphatic heterocycles. The van der Waals surface area contributed by atoms with Gasteiger partial charge in [0, 0.05) is 6.20 Å². The van der Waals surface area contributed by atoms with Crippen LogP contribution in [-0.2, 0) is 25.7 Å². The molecule has 2 N–H and O–H groups in total. The van der Waals surface area contributed by atoms with E-state index in [2.05, 4.69) is 46.4 Å². The lowest BCUT2D eigenvalue weighted by molar-refractivity contribution is 0.0888. The van der Waals surface area contributed by atoms with Crippen LogP contribution >= 0.6 is 22.6 Å². The van der Waals surface area contributed by atoms with Gasteiger partial charge in [0.1, 0.15) is 0 Å². The number of carbonyl (C=O) groups excluding carboxylic acids is 2. The molecule has 130 valence electrons. The quantitative estimate of drug-likeness (QED) is 0.357. The van der Waals surface area contributed by atoms with Crippen molar-refractivity contribution in [1.29, 1.82) is 0 Å². The SMILES string of the molecule is CCc1c[nH]c(C(=O)CC(=O)c2[nH]c(I)c(CC)c2CC)c1CC. The summed E-state index contributed by atoms with van der Waals surface area (Å²) in [5, 5.41) is 0. The van der Waals surface area contributed by atoms with Gasteiger partial charge in [0.2, 0.25) is 0 Å². The number of H-pyrrole nitrogens is 2. The Labute approximate surface area is 157 Å². The predicted octanol–water partition coefficient (Wildman–Crippen LogP) is 4.65. The minimum Gasteiger partial charge on any atom is -0.358 e. The number of hydrogen-bond donors (Lipinski definition) is 2. The number of Topliss-reactive ketones (excluding diaryl/α,β-unsaturated/α-hetero) is 2. The van der Waals surface area contributed by atoms with Crippen molar-refractivity contribution in [2.45, 2.75) is 59.8 Å². The van der Waals surface area contributed by atoms with Crippen LogP contribution < -0.4 is 0 Å². The number of nitrogens with one attached hydrogen (secondary N) is 2. The predicted molar refractivity (Wildman–Crippen MR) is 105 cm³/mol. The van der Waals surface area contributed by atoms with E-state index in [1.165, 1.54) is 5.56 Å². The second-order valence-corrected chi connectivity index (χ2v) is 6.95. The maximum atomic E-state index is 12.7. The van der Waals surface area contributed by atoms with Crippen molar-refractivity contribution in [3.63, 3.8) is 0 Å². The normalized spacial score (nSPS) is 11.0. The second kappa shape index (κ2) is 8.14. The summed E-state index contributed by atoms with van der Waals surface area (Å²) < 4.78 is 1.00. The van der Waals surface area contributed by atoms with E-state index in [0.717, 1.165) is 46.1 Å². The van der Waals surface area contributed by atoms with Crippen molar-refractivity contribution in [3.8, 4) is 0 Å². The number of aryl methyl sites for hydroxylation is 1. The first kappa shape index (κ1) is 19.0. The van der Waals surface area contributed by atoms with Crippen molar-refractivity contribution in [2.75, 3.05) is 0 Å². The van der Waals surface area contributed by atoms with Crippen LogP contribution in [0, 0.1) is 3.70 Å². The Morgan fingerprint density at radius 1 is 0.875 bits per heavy atom. The average Bonchev–Trinajstić information content (AvgIpc) is 3.14. The summed E-state index contributed by atoms with van der Waals surface area (Å²) in [6.45, 7) is 8.24. The molecule has 0 aliphatic carbocycles. The van der Waals surface area contributed by atoms with E-state index in [1.54, 1.807) is 0 Å². The van der Waals surface area contributed by atoms with Crippen LogP contribution in [-0.4, -0.2) is 21.5 Å². The maximum absolute atomic E-state index is 12.7. The summed E-state index contributed by atoms with van der Waals surface area (Å²) in [5.41, 5.74) is 5.64. The molecule has 0 saturated carbocycles. The molecule has 0 spiro atoms. The van der Waals surface area contributed by atoms with Crippen molar-refractivity contribution < 1.29 is 9.59 Å². The zero-order valence-corrected chi connectivity index (χ0v) is 17.0. The highest BCUT2D eigenvalue weighted by molar-refractivity contribution is 14.1. The molecule has 2 heterocycles. The number of ketones is 2. The van der Waals surface area contributed by atoms with Crippen molar-refractivity contribution in [2.24, 2.45) is 0 Å². The number of aromatic nitrogens is 2. The Kier molecular flexibility index (Phi) is 6.43. The first-order valence-electron chi connectivity index (χ1n) is 8.62. The number of halogens is 1. The van der Waals surface area contributed by atoms with E-state index in [-0.39, 0.29) is 18.0 Å². The smallest absolute Gasteiger partial charge is 0.187 e. The third kappa shape index (κ3) is 3.50. The van der Waals surface area contributed by atoms with Crippen LogP contribution in [0.5, 0.6) is 0 Å². The van der Waals surface area contributed by atoms with Gasteiger partial charge < -0.3 is 9.97 Å². The van der Waals surface area contributed by atoms with Crippen LogP contribution in [0.3, 0.4) is 0 Å². The Bertz CT molecular complexity index is 756. The second-order valence-electron chi connectivity index (χ2n) is 5.88. The Morgan fingerprint density at radius 3 is 2.00 bits per heavy atom. The zero-order valence-electron chi connectivity index (χ0n) is 14.8. The van der Waals surface area contributed by atoms with Crippen molar-refractivity contribution in [3.05, 3.63) is 43.5 Å². The van der Waals surface area contributed by atoms with Crippen LogP contribution in [0.4, 0.5) is 0 Å². The average molecular weight is 440 g/mol. The molecule has 0 bridgehead atoms. The van der Waals surface area contributed by atoms with Crippen LogP contribution in [0.1, 0.15) is 77.3 Å². The molecule has 0 aliphatic rings. The molecule has 2 aromatic heterocycles. The summed E-state index contributed by atoms with van der Waals surface area (Å²) in [7, 11) is 0. The molecule has 24 heavy (non-hydrogen) atoms. The number of rotatable bonds is 8.